The minimum atomic E-state index is -4.51. The van der Waals surface area contributed by atoms with Gasteiger partial charge in [-0.25, -0.2) is 0 Å². The molecule has 0 aromatic heterocycles. The largest absolute Gasteiger partial charge is 0.496 e. The van der Waals surface area contributed by atoms with Crippen LogP contribution >= 0.6 is 0 Å². The van der Waals surface area contributed by atoms with E-state index < -0.39 is 23.1 Å². The van der Waals surface area contributed by atoms with Crippen LogP contribution in [-0.2, 0) is 28.5 Å². The van der Waals surface area contributed by atoms with Crippen molar-refractivity contribution in [1.29, 1.82) is 0 Å². The van der Waals surface area contributed by atoms with Crippen LogP contribution in [0.3, 0.4) is 0 Å². The molecule has 3 rings (SSSR count). The highest BCUT2D eigenvalue weighted by molar-refractivity contribution is 5.40. The zero-order valence-electron chi connectivity index (χ0n) is 20.3. The van der Waals surface area contributed by atoms with Crippen LogP contribution in [0.1, 0.15) is 48.9 Å². The number of alkyl halides is 3. The highest BCUT2D eigenvalue weighted by Crippen LogP contribution is 2.37. The summed E-state index contributed by atoms with van der Waals surface area (Å²) in [5, 5.41) is 0. The number of benzene rings is 2. The van der Waals surface area contributed by atoms with Gasteiger partial charge >= 0.3 is 6.18 Å². The smallest absolute Gasteiger partial charge is 0.419 e. The van der Waals surface area contributed by atoms with Crippen LogP contribution in [0.25, 0.3) is 0 Å². The Morgan fingerprint density at radius 3 is 2.18 bits per heavy atom. The molecular formula is C26H34F3NO4. The highest BCUT2D eigenvalue weighted by Gasteiger charge is 2.38. The number of hydrogen-bond donors (Lipinski definition) is 1. The lowest BCUT2D eigenvalue weighted by Gasteiger charge is -2.41. The third-order valence-electron chi connectivity index (χ3n) is 6.00. The second kappa shape index (κ2) is 10.5. The summed E-state index contributed by atoms with van der Waals surface area (Å²) in [6, 6.07) is 10.1. The van der Waals surface area contributed by atoms with Crippen LogP contribution in [-0.4, -0.2) is 38.3 Å². The summed E-state index contributed by atoms with van der Waals surface area (Å²) >= 11 is 0. The number of methoxy groups -OCH3 is 1. The molecule has 8 heteroatoms. The van der Waals surface area contributed by atoms with Crippen LogP contribution in [0, 0.1) is 6.92 Å². The molecule has 1 aliphatic rings. The van der Waals surface area contributed by atoms with Gasteiger partial charge in [0.2, 0.25) is 0 Å². The molecule has 188 valence electrons. The molecule has 5 nitrogen and oxygen atoms in total. The molecule has 1 fully saturated rings. The Morgan fingerprint density at radius 1 is 0.971 bits per heavy atom. The van der Waals surface area contributed by atoms with E-state index in [1.165, 1.54) is 6.07 Å². The van der Waals surface area contributed by atoms with E-state index in [1.54, 1.807) is 27.0 Å². The first-order chi connectivity index (χ1) is 15.9. The SMILES string of the molecule is COc1ccc(CCCOc2ccc(CCC3(N)COC(C)(C)OC3)cc2C(F)(F)F)cc1C. The molecule has 0 spiro atoms. The average molecular weight is 482 g/mol. The number of nitrogens with two attached hydrogens (primary N) is 1. The van der Waals surface area contributed by atoms with E-state index in [0.29, 0.717) is 44.5 Å². The van der Waals surface area contributed by atoms with Gasteiger partial charge in [0, 0.05) is 0 Å². The monoisotopic (exact) mass is 481 g/mol. The predicted molar refractivity (Wildman–Crippen MR) is 124 cm³/mol. The third kappa shape index (κ3) is 7.10. The summed E-state index contributed by atoms with van der Waals surface area (Å²) < 4.78 is 63.2. The number of aryl methyl sites for hydroxylation is 3. The first-order valence-corrected chi connectivity index (χ1v) is 11.4. The molecule has 0 radical (unpaired) electrons. The predicted octanol–water partition coefficient (Wildman–Crippen LogP) is 5.45. The van der Waals surface area contributed by atoms with Gasteiger partial charge in [-0.2, -0.15) is 13.2 Å². The summed E-state index contributed by atoms with van der Waals surface area (Å²) in [7, 11) is 1.62. The zero-order chi connectivity index (χ0) is 25.0. The van der Waals surface area contributed by atoms with E-state index in [1.807, 2.05) is 25.1 Å². The van der Waals surface area contributed by atoms with Crippen molar-refractivity contribution in [2.24, 2.45) is 5.73 Å². The van der Waals surface area contributed by atoms with E-state index >= 15 is 0 Å². The minimum absolute atomic E-state index is 0.157. The molecule has 0 atom stereocenters. The highest BCUT2D eigenvalue weighted by atomic mass is 19.4. The van der Waals surface area contributed by atoms with Crippen molar-refractivity contribution in [1.82, 2.24) is 0 Å². The quantitative estimate of drug-likeness (QED) is 0.483. The topological polar surface area (TPSA) is 62.9 Å². The van der Waals surface area contributed by atoms with Crippen molar-refractivity contribution in [3.8, 4) is 11.5 Å². The molecule has 34 heavy (non-hydrogen) atoms. The van der Waals surface area contributed by atoms with Crippen LogP contribution in [0.2, 0.25) is 0 Å². The van der Waals surface area contributed by atoms with Gasteiger partial charge in [0.1, 0.15) is 11.5 Å². The van der Waals surface area contributed by atoms with Gasteiger partial charge in [-0.1, -0.05) is 18.2 Å². The molecule has 2 aromatic carbocycles. The molecular weight excluding hydrogens is 447 g/mol. The van der Waals surface area contributed by atoms with Crippen LogP contribution in [0.15, 0.2) is 36.4 Å². The zero-order valence-corrected chi connectivity index (χ0v) is 20.3. The fraction of sp³-hybridized carbons (Fsp3) is 0.538. The molecule has 0 aliphatic carbocycles. The van der Waals surface area contributed by atoms with Gasteiger partial charge < -0.3 is 24.7 Å². The summed E-state index contributed by atoms with van der Waals surface area (Å²) in [6.07, 6.45) is -2.40. The van der Waals surface area contributed by atoms with Gasteiger partial charge in [-0.3, -0.25) is 0 Å². The molecule has 2 N–H and O–H groups in total. The molecule has 1 saturated heterocycles. The lowest BCUT2D eigenvalue weighted by molar-refractivity contribution is -0.267. The van der Waals surface area contributed by atoms with E-state index in [9.17, 15) is 13.2 Å². The number of halogens is 3. The van der Waals surface area contributed by atoms with Gasteiger partial charge in [0.25, 0.3) is 0 Å². The minimum Gasteiger partial charge on any atom is -0.496 e. The fourth-order valence-electron chi connectivity index (χ4n) is 3.89. The normalized spacial score (nSPS) is 17.4. The van der Waals surface area contributed by atoms with Crippen molar-refractivity contribution in [3.63, 3.8) is 0 Å². The Balaban J connectivity index is 1.58. The molecule has 0 saturated carbocycles. The summed E-state index contributed by atoms with van der Waals surface area (Å²) in [6.45, 7) is 6.33. The van der Waals surface area contributed by atoms with Crippen molar-refractivity contribution < 1.29 is 32.1 Å². The third-order valence-corrected chi connectivity index (χ3v) is 6.00. The first kappa shape index (κ1) is 26.3. The fourth-order valence-corrected chi connectivity index (χ4v) is 3.89. The number of ether oxygens (including phenoxy) is 4. The Labute approximate surface area is 199 Å². The van der Waals surface area contributed by atoms with Gasteiger partial charge in [0.15, 0.2) is 5.79 Å². The Bertz CT molecular complexity index is 965. The van der Waals surface area contributed by atoms with E-state index in [0.717, 1.165) is 22.9 Å². The lowest BCUT2D eigenvalue weighted by Crippen LogP contribution is -2.57. The first-order valence-electron chi connectivity index (χ1n) is 11.4. The van der Waals surface area contributed by atoms with Crippen molar-refractivity contribution in [3.05, 3.63) is 58.7 Å². The van der Waals surface area contributed by atoms with Crippen molar-refractivity contribution in [2.45, 2.75) is 64.0 Å². The second-order valence-electron chi connectivity index (χ2n) is 9.42. The molecule has 1 aliphatic heterocycles. The summed E-state index contributed by atoms with van der Waals surface area (Å²) in [5.41, 5.74) is 7.48. The van der Waals surface area contributed by atoms with Gasteiger partial charge in [-0.15, -0.1) is 0 Å². The van der Waals surface area contributed by atoms with E-state index in [4.69, 9.17) is 24.7 Å². The van der Waals surface area contributed by atoms with Gasteiger partial charge in [-0.05, 0) is 81.3 Å². The molecule has 1 heterocycles. The van der Waals surface area contributed by atoms with Crippen LogP contribution in [0.4, 0.5) is 13.2 Å². The Morgan fingerprint density at radius 2 is 1.59 bits per heavy atom. The maximum absolute atomic E-state index is 13.7. The van der Waals surface area contributed by atoms with E-state index in [-0.39, 0.29) is 12.4 Å². The summed E-state index contributed by atoms with van der Waals surface area (Å²) in [5.74, 6) is -0.0455. The lowest BCUT2D eigenvalue weighted by atomic mass is 9.92. The molecule has 0 bridgehead atoms. The second-order valence-corrected chi connectivity index (χ2v) is 9.42. The van der Waals surface area contributed by atoms with Crippen molar-refractivity contribution in [2.75, 3.05) is 26.9 Å². The Hall–Kier alpha value is -2.29. The van der Waals surface area contributed by atoms with Gasteiger partial charge in [0.05, 0.1) is 38.0 Å². The maximum atomic E-state index is 13.7. The van der Waals surface area contributed by atoms with Crippen LogP contribution < -0.4 is 15.2 Å². The number of rotatable bonds is 9. The van der Waals surface area contributed by atoms with Crippen molar-refractivity contribution >= 4 is 0 Å². The maximum Gasteiger partial charge on any atom is 0.419 e. The average Bonchev–Trinajstić information content (AvgIpc) is 2.78. The number of hydrogen-bond acceptors (Lipinski definition) is 5. The van der Waals surface area contributed by atoms with E-state index in [2.05, 4.69) is 0 Å². The molecule has 0 unspecified atom stereocenters. The van der Waals surface area contributed by atoms with Crippen LogP contribution in [0.5, 0.6) is 11.5 Å². The standard InChI is InChI=1S/C26H34F3NO4/c1-18-14-19(7-9-22(18)31-4)6-5-13-32-23-10-8-20(15-21(23)26(27,28)29)11-12-25(30)16-33-24(2,3)34-17-25/h7-10,14-15H,5-6,11-13,16-17,30H2,1-4H3. The summed E-state index contributed by atoms with van der Waals surface area (Å²) in [4.78, 5) is 0. The Kier molecular flexibility index (Phi) is 8.16. The molecule has 0 amide bonds. The molecule has 2 aromatic rings.